The fourth-order valence-electron chi connectivity index (χ4n) is 3.88. The predicted molar refractivity (Wildman–Crippen MR) is 141 cm³/mol. The van der Waals surface area contributed by atoms with Crippen molar-refractivity contribution in [3.05, 3.63) is 72.8 Å². The van der Waals surface area contributed by atoms with Crippen LogP contribution in [0, 0.1) is 0 Å². The van der Waals surface area contributed by atoms with Gasteiger partial charge >= 0.3 is 0 Å². The molecule has 0 amide bonds. The van der Waals surface area contributed by atoms with Crippen LogP contribution >= 0.6 is 0 Å². The molecule has 0 aliphatic heterocycles. The first-order valence-electron chi connectivity index (χ1n) is 12.5. The molecule has 0 aliphatic carbocycles. The van der Waals surface area contributed by atoms with Crippen LogP contribution in [0.1, 0.15) is 65.2 Å². The van der Waals surface area contributed by atoms with E-state index in [0.29, 0.717) is 0 Å². The molecule has 0 aliphatic rings. The van der Waals surface area contributed by atoms with Gasteiger partial charge in [-0.15, -0.1) is 0 Å². The van der Waals surface area contributed by atoms with Gasteiger partial charge in [-0.05, 0) is 40.8 Å². The van der Waals surface area contributed by atoms with Crippen LogP contribution in [0.4, 0.5) is 0 Å². The first-order chi connectivity index (χ1) is 15.8. The summed E-state index contributed by atoms with van der Waals surface area (Å²) in [6, 6.07) is 27.9. The zero-order valence-electron chi connectivity index (χ0n) is 19.9. The second-order valence-corrected chi connectivity index (χ2v) is 10.0. The van der Waals surface area contributed by atoms with Crippen LogP contribution in [0.3, 0.4) is 0 Å². The summed E-state index contributed by atoms with van der Waals surface area (Å²) in [4.78, 5) is 0. The Morgan fingerprint density at radius 2 is 1.00 bits per heavy atom. The Labute approximate surface area is 198 Å². The van der Waals surface area contributed by atoms with Crippen LogP contribution in [0.15, 0.2) is 72.8 Å². The Hall–Kier alpha value is -2.32. The maximum atomic E-state index is 5.87. The molecular formula is C30H38OSi. The summed E-state index contributed by atoms with van der Waals surface area (Å²) in [5, 5.41) is 1.48. The average Bonchev–Trinajstić information content (AvgIpc) is 2.85. The Morgan fingerprint density at radius 1 is 0.531 bits per heavy atom. The van der Waals surface area contributed by atoms with Gasteiger partial charge in [-0.25, -0.2) is 0 Å². The molecular weight excluding hydrogens is 404 g/mol. The van der Waals surface area contributed by atoms with Crippen molar-refractivity contribution in [2.75, 3.05) is 6.61 Å². The number of hydrogen-bond acceptors (Lipinski definition) is 1. The number of rotatable bonds is 14. The number of benzene rings is 3. The maximum Gasteiger partial charge on any atom is 0.119 e. The molecule has 0 N–H and O–H groups in total. The largest absolute Gasteiger partial charge is 0.494 e. The third-order valence-corrected chi connectivity index (χ3v) is 7.26. The van der Waals surface area contributed by atoms with E-state index in [1.54, 1.807) is 0 Å². The van der Waals surface area contributed by atoms with Gasteiger partial charge in [0, 0.05) is 0 Å². The Morgan fingerprint density at radius 3 is 1.53 bits per heavy atom. The molecule has 0 bridgehead atoms. The lowest BCUT2D eigenvalue weighted by atomic mass is 10.0. The molecule has 3 aromatic carbocycles. The highest BCUT2D eigenvalue weighted by molar-refractivity contribution is 6.53. The summed E-state index contributed by atoms with van der Waals surface area (Å²) in [5.41, 5.74) is 5.05. The molecule has 1 nitrogen and oxygen atoms in total. The van der Waals surface area contributed by atoms with Crippen LogP contribution in [0.2, 0.25) is 6.04 Å². The molecule has 0 spiro atoms. The van der Waals surface area contributed by atoms with E-state index in [9.17, 15) is 0 Å². The zero-order valence-corrected chi connectivity index (χ0v) is 20.9. The quantitative estimate of drug-likeness (QED) is 0.180. The molecule has 0 heterocycles. The summed E-state index contributed by atoms with van der Waals surface area (Å²) in [6.07, 6.45) is 10.4. The number of ether oxygens (including phenoxy) is 1. The molecule has 0 atom stereocenters. The highest BCUT2D eigenvalue weighted by atomic mass is 28.2. The van der Waals surface area contributed by atoms with E-state index in [0.717, 1.165) is 28.3 Å². The van der Waals surface area contributed by atoms with Crippen LogP contribution in [-0.4, -0.2) is 16.1 Å². The first-order valence-corrected chi connectivity index (χ1v) is 13.7. The Kier molecular flexibility index (Phi) is 10.6. The first kappa shape index (κ1) is 24.3. The van der Waals surface area contributed by atoms with Crippen molar-refractivity contribution >= 4 is 14.7 Å². The second kappa shape index (κ2) is 14.0. The smallest absolute Gasteiger partial charge is 0.119 e. The van der Waals surface area contributed by atoms with Gasteiger partial charge in [0.2, 0.25) is 0 Å². The van der Waals surface area contributed by atoms with Gasteiger partial charge in [-0.1, -0.05) is 131 Å². The Balaban J connectivity index is 1.51. The zero-order chi connectivity index (χ0) is 22.4. The molecule has 0 aromatic heterocycles. The minimum Gasteiger partial charge on any atom is -0.494 e. The van der Waals surface area contributed by atoms with E-state index in [1.165, 1.54) is 78.4 Å². The minimum atomic E-state index is 0.812. The van der Waals surface area contributed by atoms with Gasteiger partial charge in [0.25, 0.3) is 0 Å². The van der Waals surface area contributed by atoms with Crippen LogP contribution in [-0.2, 0) is 0 Å². The maximum absolute atomic E-state index is 5.87. The van der Waals surface area contributed by atoms with E-state index in [-0.39, 0.29) is 0 Å². The second-order valence-electron chi connectivity index (χ2n) is 8.58. The van der Waals surface area contributed by atoms with Gasteiger partial charge in [-0.3, -0.25) is 0 Å². The summed E-state index contributed by atoms with van der Waals surface area (Å²) in [7, 11) is 0.937. The third-order valence-electron chi connectivity index (χ3n) is 5.92. The molecule has 0 saturated heterocycles. The fourth-order valence-corrected chi connectivity index (χ4v) is 5.00. The van der Waals surface area contributed by atoms with Gasteiger partial charge in [0.15, 0.2) is 0 Å². The predicted octanol–water partition coefficient (Wildman–Crippen LogP) is 8.31. The molecule has 0 unspecified atom stereocenters. The highest BCUT2D eigenvalue weighted by Gasteiger charge is 2.03. The average molecular weight is 443 g/mol. The normalized spacial score (nSPS) is 10.9. The molecule has 3 rings (SSSR count). The summed E-state index contributed by atoms with van der Waals surface area (Å²) in [6.45, 7) is 5.32. The highest BCUT2D eigenvalue weighted by Crippen LogP contribution is 2.26. The lowest BCUT2D eigenvalue weighted by molar-refractivity contribution is 0.305. The lowest BCUT2D eigenvalue weighted by Crippen LogP contribution is -2.12. The number of unbranched alkanes of at least 4 members (excludes halogenated alkanes) is 6. The molecule has 2 heteroatoms. The van der Waals surface area contributed by atoms with E-state index in [2.05, 4.69) is 86.6 Å². The standard InChI is InChI=1S/C30H38OSi/c1-3-5-7-9-23-31-29-19-15-27(16-20-29)25-11-13-26(14-12-25)28-17-21-30(22-18-28)32-24-10-8-6-4-2/h11-22H,3-10,23-24H2,1-2H3. The van der Waals surface area contributed by atoms with Crippen LogP contribution in [0.5, 0.6) is 5.75 Å². The fraction of sp³-hybridized carbons (Fsp3) is 0.400. The third kappa shape index (κ3) is 7.98. The van der Waals surface area contributed by atoms with E-state index in [1.807, 2.05) is 0 Å². The molecule has 0 saturated carbocycles. The van der Waals surface area contributed by atoms with Crippen LogP contribution in [0.25, 0.3) is 22.3 Å². The molecule has 0 fully saturated rings. The van der Waals surface area contributed by atoms with E-state index >= 15 is 0 Å². The van der Waals surface area contributed by atoms with Crippen molar-refractivity contribution in [3.63, 3.8) is 0 Å². The Bertz CT molecular complexity index is 805. The van der Waals surface area contributed by atoms with Crippen LogP contribution < -0.4 is 9.92 Å². The van der Waals surface area contributed by atoms with E-state index in [4.69, 9.17) is 4.74 Å². The SMILES string of the molecule is CCCCCCOc1ccc(-c2ccc(-c3ccc([Si]CCCCCC)cc3)cc2)cc1. The lowest BCUT2D eigenvalue weighted by Gasteiger charge is -2.09. The van der Waals surface area contributed by atoms with Gasteiger partial charge in [-0.2, -0.15) is 0 Å². The topological polar surface area (TPSA) is 9.23 Å². The molecule has 2 radical (unpaired) electrons. The van der Waals surface area contributed by atoms with Crippen molar-refractivity contribution in [1.29, 1.82) is 0 Å². The van der Waals surface area contributed by atoms with Crippen molar-refractivity contribution in [2.45, 2.75) is 71.3 Å². The summed E-state index contributed by atoms with van der Waals surface area (Å²) < 4.78 is 5.87. The minimum absolute atomic E-state index is 0.812. The number of hydrogen-bond donors (Lipinski definition) is 0. The molecule has 32 heavy (non-hydrogen) atoms. The van der Waals surface area contributed by atoms with Gasteiger partial charge < -0.3 is 4.74 Å². The van der Waals surface area contributed by atoms with Gasteiger partial charge in [0.05, 0.1) is 16.1 Å². The van der Waals surface area contributed by atoms with Crippen molar-refractivity contribution in [2.24, 2.45) is 0 Å². The molecule has 3 aromatic rings. The van der Waals surface area contributed by atoms with Crippen molar-refractivity contribution in [1.82, 2.24) is 0 Å². The van der Waals surface area contributed by atoms with Crippen molar-refractivity contribution < 1.29 is 4.74 Å². The van der Waals surface area contributed by atoms with E-state index < -0.39 is 0 Å². The molecule has 168 valence electrons. The monoisotopic (exact) mass is 442 g/mol. The van der Waals surface area contributed by atoms with Gasteiger partial charge in [0.1, 0.15) is 5.75 Å². The van der Waals surface area contributed by atoms with Crippen molar-refractivity contribution in [3.8, 4) is 28.0 Å². The summed E-state index contributed by atoms with van der Waals surface area (Å²) >= 11 is 0. The summed E-state index contributed by atoms with van der Waals surface area (Å²) in [5.74, 6) is 0.966.